The summed E-state index contributed by atoms with van der Waals surface area (Å²) in [5.41, 5.74) is -0.662. The number of aliphatic hydroxyl groups excluding tert-OH is 1. The van der Waals surface area contributed by atoms with Gasteiger partial charge in [-0.3, -0.25) is 14.3 Å². The van der Waals surface area contributed by atoms with E-state index in [0.717, 1.165) is 0 Å². The summed E-state index contributed by atoms with van der Waals surface area (Å²) in [6, 6.07) is 0. The van der Waals surface area contributed by atoms with E-state index in [1.807, 2.05) is 0 Å². The Morgan fingerprint density at radius 3 is 1.84 bits per heavy atom. The van der Waals surface area contributed by atoms with Crippen molar-refractivity contribution in [2.24, 2.45) is 0 Å². The van der Waals surface area contributed by atoms with E-state index in [1.54, 1.807) is 6.92 Å². The molecule has 2 rings (SSSR count). The molecule has 5 unspecified atom stereocenters. The molecule has 1 aliphatic heterocycles. The summed E-state index contributed by atoms with van der Waals surface area (Å²) in [5, 5.41) is 10.2. The van der Waals surface area contributed by atoms with Crippen LogP contribution in [0.15, 0.2) is 15.8 Å². The van der Waals surface area contributed by atoms with Crippen LogP contribution in [-0.4, -0.2) is 70.6 Å². The Labute approximate surface area is 193 Å². The molecule has 0 spiro atoms. The van der Waals surface area contributed by atoms with E-state index in [-0.39, 0.29) is 6.61 Å². The van der Waals surface area contributed by atoms with Crippen LogP contribution in [0.2, 0.25) is 58.9 Å². The van der Waals surface area contributed by atoms with Gasteiger partial charge in [-0.25, -0.2) is 4.79 Å². The zero-order valence-electron chi connectivity index (χ0n) is 21.0. The molecule has 5 atom stereocenters. The van der Waals surface area contributed by atoms with Crippen LogP contribution in [0.3, 0.4) is 0 Å². The fourth-order valence-corrected chi connectivity index (χ4v) is 6.92. The predicted molar refractivity (Wildman–Crippen MR) is 132 cm³/mol. The first kappa shape index (κ1) is 27.4. The number of ether oxygens (including phenoxy) is 1. The Bertz CT molecular complexity index is 899. The van der Waals surface area contributed by atoms with Crippen LogP contribution in [0, 0.1) is 6.92 Å². The van der Waals surface area contributed by atoms with Crippen LogP contribution >= 0.6 is 0 Å². The highest BCUT2D eigenvalue weighted by atomic mass is 28.4. The van der Waals surface area contributed by atoms with Crippen molar-refractivity contribution in [3.63, 3.8) is 0 Å². The van der Waals surface area contributed by atoms with Crippen molar-refractivity contribution in [3.05, 3.63) is 32.6 Å². The molecule has 1 aromatic heterocycles. The zero-order valence-corrected chi connectivity index (χ0v) is 24.0. The van der Waals surface area contributed by atoms with E-state index in [9.17, 15) is 14.7 Å². The van der Waals surface area contributed by atoms with Crippen LogP contribution < -0.4 is 11.2 Å². The molecule has 2 heterocycles. The highest BCUT2D eigenvalue weighted by molar-refractivity contribution is 6.70. The number of aromatic amines is 1. The van der Waals surface area contributed by atoms with Crippen LogP contribution in [0.1, 0.15) is 11.8 Å². The topological polar surface area (TPSA) is 112 Å². The summed E-state index contributed by atoms with van der Waals surface area (Å²) < 4.78 is 27.3. The maximum atomic E-state index is 12.8. The lowest BCUT2D eigenvalue weighted by Crippen LogP contribution is -2.65. The SMILES string of the molecule is Cc1cn(C2OC(CO)C(O[Si](C)(C)C)C(O[Si](C)(C)C)C2O[Si](C)(C)C)c(=O)[nH]c1=O. The van der Waals surface area contributed by atoms with E-state index in [1.165, 1.54) is 10.8 Å². The minimum atomic E-state index is -2.14. The molecule has 2 N–H and O–H groups in total. The van der Waals surface area contributed by atoms with E-state index in [0.29, 0.717) is 5.56 Å². The molecule has 0 radical (unpaired) electrons. The van der Waals surface area contributed by atoms with Gasteiger partial charge in [-0.1, -0.05) is 0 Å². The Morgan fingerprint density at radius 1 is 0.906 bits per heavy atom. The van der Waals surface area contributed by atoms with Crippen LogP contribution in [0.5, 0.6) is 0 Å². The Hall–Kier alpha value is -0.869. The Morgan fingerprint density at radius 2 is 1.38 bits per heavy atom. The minimum absolute atomic E-state index is 0.298. The second-order valence-electron chi connectivity index (χ2n) is 11.3. The molecule has 32 heavy (non-hydrogen) atoms. The third kappa shape index (κ3) is 7.32. The second-order valence-corrected chi connectivity index (χ2v) is 24.7. The number of nitrogens with zero attached hydrogens (tertiary/aromatic N) is 1. The number of hydrogen-bond acceptors (Lipinski definition) is 7. The zero-order chi connectivity index (χ0) is 24.6. The summed E-state index contributed by atoms with van der Waals surface area (Å²) in [6.07, 6.45) is -1.86. The summed E-state index contributed by atoms with van der Waals surface area (Å²) >= 11 is 0. The van der Waals surface area contributed by atoms with Gasteiger partial charge in [0.25, 0.3) is 5.56 Å². The first-order chi connectivity index (χ1) is 14.4. The van der Waals surface area contributed by atoms with E-state index < -0.39 is 66.8 Å². The lowest BCUT2D eigenvalue weighted by atomic mass is 9.98. The maximum absolute atomic E-state index is 12.8. The van der Waals surface area contributed by atoms with Gasteiger partial charge in [-0.05, 0) is 65.8 Å². The third-order valence-electron chi connectivity index (χ3n) is 4.68. The molecular weight excluding hydrogens is 464 g/mol. The third-order valence-corrected chi connectivity index (χ3v) is 7.62. The lowest BCUT2D eigenvalue weighted by Gasteiger charge is -2.50. The number of aliphatic hydroxyl groups is 1. The standard InChI is InChI=1S/C20H40N2O7Si3/c1-13-11-22(20(25)21-18(13)24)19-17(29-32(8,9)10)16(28-31(5,6)7)15(14(12-23)26-19)27-30(2,3)4/h11,14-17,19,23H,12H2,1-10H3,(H,21,24,25). The molecule has 1 aliphatic rings. The molecule has 0 bridgehead atoms. The highest BCUT2D eigenvalue weighted by Gasteiger charge is 2.52. The van der Waals surface area contributed by atoms with Crippen molar-refractivity contribution in [2.45, 2.75) is 96.5 Å². The lowest BCUT2D eigenvalue weighted by molar-refractivity contribution is -0.239. The van der Waals surface area contributed by atoms with Crippen molar-refractivity contribution in [1.82, 2.24) is 9.55 Å². The highest BCUT2D eigenvalue weighted by Crippen LogP contribution is 2.37. The minimum Gasteiger partial charge on any atom is -0.409 e. The van der Waals surface area contributed by atoms with Gasteiger partial charge >= 0.3 is 5.69 Å². The molecule has 1 fully saturated rings. The van der Waals surface area contributed by atoms with Crippen LogP contribution in [-0.2, 0) is 18.0 Å². The Balaban J connectivity index is 2.69. The quantitative estimate of drug-likeness (QED) is 0.523. The molecule has 0 aliphatic carbocycles. The molecule has 0 saturated carbocycles. The molecule has 184 valence electrons. The molecule has 0 amide bonds. The number of aryl methyl sites for hydroxylation is 1. The van der Waals surface area contributed by atoms with Gasteiger partial charge in [0.2, 0.25) is 0 Å². The van der Waals surface area contributed by atoms with Crippen LogP contribution in [0.4, 0.5) is 0 Å². The fourth-order valence-electron chi connectivity index (χ4n) is 3.67. The molecular formula is C20H40N2O7Si3. The van der Waals surface area contributed by atoms with Crippen molar-refractivity contribution < 1.29 is 23.1 Å². The van der Waals surface area contributed by atoms with Crippen molar-refractivity contribution in [1.29, 1.82) is 0 Å². The second kappa shape index (κ2) is 9.78. The number of rotatable bonds is 8. The summed E-state index contributed by atoms with van der Waals surface area (Å²) in [6.45, 7) is 20.0. The number of H-pyrrole nitrogens is 1. The van der Waals surface area contributed by atoms with Gasteiger partial charge < -0.3 is 23.1 Å². The Kier molecular flexibility index (Phi) is 8.37. The van der Waals surface area contributed by atoms with E-state index >= 15 is 0 Å². The van der Waals surface area contributed by atoms with Crippen LogP contribution in [0.25, 0.3) is 0 Å². The first-order valence-electron chi connectivity index (χ1n) is 11.0. The molecule has 0 aromatic carbocycles. The van der Waals surface area contributed by atoms with Gasteiger partial charge in [0.05, 0.1) is 6.61 Å². The summed E-state index contributed by atoms with van der Waals surface area (Å²) in [5.74, 6) is 0. The van der Waals surface area contributed by atoms with Gasteiger partial charge in [-0.15, -0.1) is 0 Å². The molecule has 12 heteroatoms. The first-order valence-corrected chi connectivity index (χ1v) is 21.3. The normalized spacial score (nSPS) is 27.5. The molecule has 1 saturated heterocycles. The number of nitrogens with one attached hydrogen (secondary N) is 1. The largest absolute Gasteiger partial charge is 0.409 e. The van der Waals surface area contributed by atoms with Gasteiger partial charge in [0.15, 0.2) is 31.2 Å². The maximum Gasteiger partial charge on any atom is 0.330 e. The monoisotopic (exact) mass is 504 g/mol. The van der Waals surface area contributed by atoms with Crippen molar-refractivity contribution in [2.75, 3.05) is 6.61 Å². The number of hydrogen-bond donors (Lipinski definition) is 2. The average molecular weight is 505 g/mol. The predicted octanol–water partition coefficient (Wildman–Crippen LogP) is 2.40. The van der Waals surface area contributed by atoms with Crippen molar-refractivity contribution >= 4 is 25.0 Å². The molecule has 1 aromatic rings. The van der Waals surface area contributed by atoms with Gasteiger partial charge in [0, 0.05) is 11.8 Å². The van der Waals surface area contributed by atoms with E-state index in [4.69, 9.17) is 18.0 Å². The average Bonchev–Trinajstić information content (AvgIpc) is 2.58. The fraction of sp³-hybridized carbons (Fsp3) is 0.800. The van der Waals surface area contributed by atoms with Gasteiger partial charge in [-0.2, -0.15) is 0 Å². The smallest absolute Gasteiger partial charge is 0.330 e. The summed E-state index contributed by atoms with van der Waals surface area (Å²) in [4.78, 5) is 27.1. The summed E-state index contributed by atoms with van der Waals surface area (Å²) in [7, 11) is -6.29. The van der Waals surface area contributed by atoms with Gasteiger partial charge in [0.1, 0.15) is 24.4 Å². The molecule has 9 nitrogen and oxygen atoms in total. The van der Waals surface area contributed by atoms with Crippen molar-refractivity contribution in [3.8, 4) is 0 Å². The van der Waals surface area contributed by atoms with E-state index in [2.05, 4.69) is 63.9 Å². The number of aromatic nitrogens is 2.